The first-order valence-electron chi connectivity index (χ1n) is 14.8. The van der Waals surface area contributed by atoms with Crippen molar-refractivity contribution in [2.24, 2.45) is 0 Å². The van der Waals surface area contributed by atoms with Crippen LogP contribution in [0.5, 0.6) is 0 Å². The molecule has 1 atom stereocenters. The molecule has 0 radical (unpaired) electrons. The molecule has 0 N–H and O–H groups in total. The van der Waals surface area contributed by atoms with Crippen LogP contribution in [0, 0.1) is 13.8 Å². The minimum atomic E-state index is -0.0888. The van der Waals surface area contributed by atoms with Crippen LogP contribution in [-0.4, -0.2) is 11.1 Å². The highest BCUT2D eigenvalue weighted by molar-refractivity contribution is 6.13. The van der Waals surface area contributed by atoms with Gasteiger partial charge in [0.15, 0.2) is 11.4 Å². The maximum absolute atomic E-state index is 6.67. The van der Waals surface area contributed by atoms with E-state index >= 15 is 0 Å². The normalized spacial score (nSPS) is 14.5. The summed E-state index contributed by atoms with van der Waals surface area (Å²) >= 11 is 0. The van der Waals surface area contributed by atoms with Crippen molar-refractivity contribution in [3.8, 4) is 22.3 Å². The van der Waals surface area contributed by atoms with Crippen LogP contribution in [-0.2, 0) is 0 Å². The van der Waals surface area contributed by atoms with Crippen molar-refractivity contribution in [2.75, 3.05) is 9.80 Å². The molecule has 0 amide bonds. The Bertz CT molecular complexity index is 2070. The smallest absolute Gasteiger partial charge is 0.164 e. The fraction of sp³-hybridized carbons (Fsp3) is 0.103. The van der Waals surface area contributed by atoms with Crippen LogP contribution in [0.15, 0.2) is 132 Å². The van der Waals surface area contributed by atoms with Gasteiger partial charge in [-0.25, -0.2) is 4.98 Å². The number of aryl methyl sites for hydroxylation is 2. The number of nitrogens with zero attached hydrogens (tertiary/aromatic N) is 3. The highest BCUT2D eigenvalue weighted by Crippen LogP contribution is 2.55. The van der Waals surface area contributed by atoms with Crippen molar-refractivity contribution < 1.29 is 4.42 Å². The Morgan fingerprint density at radius 2 is 1.28 bits per heavy atom. The van der Waals surface area contributed by atoms with E-state index in [1.807, 2.05) is 18.3 Å². The summed E-state index contributed by atoms with van der Waals surface area (Å²) in [4.78, 5) is 10.1. The molecule has 3 heterocycles. The van der Waals surface area contributed by atoms with Crippen LogP contribution in [0.2, 0.25) is 0 Å². The molecule has 0 fully saturated rings. The number of fused-ring (bicyclic) bond motifs is 5. The molecule has 5 aromatic carbocycles. The Hall–Kier alpha value is -5.35. The molecule has 43 heavy (non-hydrogen) atoms. The van der Waals surface area contributed by atoms with Crippen molar-refractivity contribution in [3.05, 3.63) is 139 Å². The van der Waals surface area contributed by atoms with Gasteiger partial charge in [0.25, 0.3) is 0 Å². The second-order valence-electron chi connectivity index (χ2n) is 11.4. The topological polar surface area (TPSA) is 32.5 Å². The molecular formula is C39H31N3O. The quantitative estimate of drug-likeness (QED) is 0.215. The van der Waals surface area contributed by atoms with Crippen molar-refractivity contribution >= 4 is 44.8 Å². The molecule has 7 aromatic rings. The second kappa shape index (κ2) is 9.88. The van der Waals surface area contributed by atoms with Gasteiger partial charge in [0.1, 0.15) is 17.4 Å². The van der Waals surface area contributed by atoms with Gasteiger partial charge in [0.2, 0.25) is 0 Å². The summed E-state index contributed by atoms with van der Waals surface area (Å²) < 4.78 is 6.67. The Kier molecular flexibility index (Phi) is 5.83. The fourth-order valence-corrected chi connectivity index (χ4v) is 6.63. The largest absolute Gasteiger partial charge is 0.454 e. The molecule has 0 bridgehead atoms. The van der Waals surface area contributed by atoms with Gasteiger partial charge >= 0.3 is 0 Å². The fourth-order valence-electron chi connectivity index (χ4n) is 6.63. The lowest BCUT2D eigenvalue weighted by atomic mass is 9.95. The molecular weight excluding hydrogens is 526 g/mol. The van der Waals surface area contributed by atoms with E-state index in [0.29, 0.717) is 0 Å². The van der Waals surface area contributed by atoms with E-state index in [0.717, 1.165) is 55.9 Å². The zero-order valence-electron chi connectivity index (χ0n) is 24.5. The van der Waals surface area contributed by atoms with Gasteiger partial charge in [-0.1, -0.05) is 109 Å². The summed E-state index contributed by atoms with van der Waals surface area (Å²) in [7, 11) is 0. The third kappa shape index (κ3) is 3.94. The first-order chi connectivity index (χ1) is 21.1. The highest BCUT2D eigenvalue weighted by Gasteiger charge is 2.41. The standard InChI is InChI=1S/C39H31N3O/c1-25-21-22-26(2)34(23-25)41-27(3)42(39-37(41)38-33(24-40-39)32-17-10-11-20-35(32)43-38)36-30(28-13-6-4-7-14-28)18-12-19-31(36)29-15-8-5-9-16-29/h4-24,27H,1-3H3/t27-/m1/s1. The molecule has 208 valence electrons. The molecule has 8 rings (SSSR count). The van der Waals surface area contributed by atoms with Crippen molar-refractivity contribution in [3.63, 3.8) is 0 Å². The third-order valence-corrected chi connectivity index (χ3v) is 8.66. The van der Waals surface area contributed by atoms with E-state index in [-0.39, 0.29) is 6.17 Å². The maximum Gasteiger partial charge on any atom is 0.164 e. The molecule has 0 saturated heterocycles. The van der Waals surface area contributed by atoms with Gasteiger partial charge < -0.3 is 14.2 Å². The summed E-state index contributed by atoms with van der Waals surface area (Å²) in [5.41, 5.74) is 12.1. The Morgan fingerprint density at radius 3 is 1.98 bits per heavy atom. The Labute approximate surface area is 251 Å². The van der Waals surface area contributed by atoms with Crippen molar-refractivity contribution in [1.82, 2.24) is 4.98 Å². The number of hydrogen-bond donors (Lipinski definition) is 0. The molecule has 4 heteroatoms. The van der Waals surface area contributed by atoms with Crippen LogP contribution in [0.1, 0.15) is 18.1 Å². The van der Waals surface area contributed by atoms with Gasteiger partial charge in [-0.2, -0.15) is 0 Å². The lowest BCUT2D eigenvalue weighted by Crippen LogP contribution is -2.36. The lowest BCUT2D eigenvalue weighted by molar-refractivity contribution is 0.666. The summed E-state index contributed by atoms with van der Waals surface area (Å²) in [6.45, 7) is 6.61. The van der Waals surface area contributed by atoms with Gasteiger partial charge in [0.05, 0.1) is 5.69 Å². The molecule has 1 aliphatic heterocycles. The van der Waals surface area contributed by atoms with Crippen LogP contribution >= 0.6 is 0 Å². The van der Waals surface area contributed by atoms with Gasteiger partial charge in [-0.05, 0) is 55.2 Å². The minimum absolute atomic E-state index is 0.0888. The van der Waals surface area contributed by atoms with E-state index in [1.54, 1.807) is 0 Å². The summed E-state index contributed by atoms with van der Waals surface area (Å²) in [5, 5.41) is 2.10. The van der Waals surface area contributed by atoms with E-state index in [9.17, 15) is 0 Å². The number of pyridine rings is 1. The average molecular weight is 558 g/mol. The third-order valence-electron chi connectivity index (χ3n) is 8.66. The van der Waals surface area contributed by atoms with Gasteiger partial charge in [-0.3, -0.25) is 0 Å². The maximum atomic E-state index is 6.67. The first kappa shape index (κ1) is 25.4. The van der Waals surface area contributed by atoms with Crippen LogP contribution < -0.4 is 9.80 Å². The first-order valence-corrected chi connectivity index (χ1v) is 14.8. The molecule has 0 saturated carbocycles. The Balaban J connectivity index is 1.48. The number of rotatable bonds is 4. The van der Waals surface area contributed by atoms with Crippen LogP contribution in [0.4, 0.5) is 22.9 Å². The average Bonchev–Trinajstić information content (AvgIpc) is 3.57. The predicted molar refractivity (Wildman–Crippen MR) is 178 cm³/mol. The summed E-state index contributed by atoms with van der Waals surface area (Å²) in [6, 6.07) is 42.8. The number of hydrogen-bond acceptors (Lipinski definition) is 4. The molecule has 0 unspecified atom stereocenters. The molecule has 1 aliphatic rings. The van der Waals surface area contributed by atoms with Crippen molar-refractivity contribution in [1.29, 1.82) is 0 Å². The highest BCUT2D eigenvalue weighted by atomic mass is 16.3. The monoisotopic (exact) mass is 557 g/mol. The second-order valence-corrected chi connectivity index (χ2v) is 11.4. The van der Waals surface area contributed by atoms with Crippen LogP contribution in [0.25, 0.3) is 44.2 Å². The molecule has 0 aliphatic carbocycles. The predicted octanol–water partition coefficient (Wildman–Crippen LogP) is 10.6. The van der Waals surface area contributed by atoms with E-state index < -0.39 is 0 Å². The number of anilines is 4. The van der Waals surface area contributed by atoms with Crippen molar-refractivity contribution in [2.45, 2.75) is 26.9 Å². The Morgan fingerprint density at radius 1 is 0.628 bits per heavy atom. The number of aromatic nitrogens is 1. The SMILES string of the molecule is Cc1ccc(C)c(N2c3c(ncc4c3oc3ccccc34)N(c3c(-c4ccccc4)cccc3-c3ccccc3)[C@@H]2C)c1. The zero-order chi connectivity index (χ0) is 29.1. The molecule has 0 spiro atoms. The van der Waals surface area contributed by atoms with E-state index in [2.05, 4.69) is 140 Å². The molecule has 4 nitrogen and oxygen atoms in total. The summed E-state index contributed by atoms with van der Waals surface area (Å²) in [5.74, 6) is 0.889. The lowest BCUT2D eigenvalue weighted by Gasteiger charge is -2.33. The minimum Gasteiger partial charge on any atom is -0.454 e. The molecule has 2 aromatic heterocycles. The van der Waals surface area contributed by atoms with E-state index in [1.165, 1.54) is 22.3 Å². The number of furan rings is 1. The van der Waals surface area contributed by atoms with E-state index in [4.69, 9.17) is 9.40 Å². The number of para-hydroxylation sites is 2. The van der Waals surface area contributed by atoms with Crippen LogP contribution in [0.3, 0.4) is 0 Å². The zero-order valence-corrected chi connectivity index (χ0v) is 24.5. The van der Waals surface area contributed by atoms with Gasteiger partial charge in [0, 0.05) is 33.8 Å². The van der Waals surface area contributed by atoms with Gasteiger partial charge in [-0.15, -0.1) is 0 Å². The number of benzene rings is 5. The summed E-state index contributed by atoms with van der Waals surface area (Å²) in [6.07, 6.45) is 1.90.